The highest BCUT2D eigenvalue weighted by atomic mass is 32.2. The summed E-state index contributed by atoms with van der Waals surface area (Å²) in [5, 5.41) is 3.78. The van der Waals surface area contributed by atoms with Crippen LogP contribution in [0.15, 0.2) is 52.9 Å². The quantitative estimate of drug-likeness (QED) is 0.317. The van der Waals surface area contributed by atoms with Gasteiger partial charge in [-0.05, 0) is 55.5 Å². The molecule has 0 unspecified atom stereocenters. The lowest BCUT2D eigenvalue weighted by atomic mass is 9.87. The number of methoxy groups -OCH3 is 1. The van der Waals surface area contributed by atoms with Crippen LogP contribution in [0.2, 0.25) is 0 Å². The van der Waals surface area contributed by atoms with Crippen molar-refractivity contribution >= 4 is 21.9 Å². The number of hydrogen-bond donors (Lipinski definition) is 1. The Kier molecular flexibility index (Phi) is 9.36. The average molecular weight is 514 g/mol. The van der Waals surface area contributed by atoms with Gasteiger partial charge in [0.1, 0.15) is 5.75 Å². The van der Waals surface area contributed by atoms with Crippen LogP contribution >= 0.6 is 0 Å². The van der Waals surface area contributed by atoms with Gasteiger partial charge in [-0.3, -0.25) is 5.32 Å². The number of unbranched alkanes of at least 4 members (excludes halogenated alkanes) is 1. The average Bonchev–Trinajstić information content (AvgIpc) is 2.98. The zero-order chi connectivity index (χ0) is 26.3. The van der Waals surface area contributed by atoms with Crippen LogP contribution in [0.4, 0.5) is 0 Å². The summed E-state index contributed by atoms with van der Waals surface area (Å²) in [6, 6.07) is 13.1. The Bertz CT molecular complexity index is 1190. The second-order valence-corrected chi connectivity index (χ2v) is 11.3. The van der Waals surface area contributed by atoms with Gasteiger partial charge in [0.05, 0.1) is 30.4 Å². The van der Waals surface area contributed by atoms with E-state index in [4.69, 9.17) is 9.47 Å². The molecule has 2 aromatic rings. The molecule has 7 heteroatoms. The van der Waals surface area contributed by atoms with Gasteiger partial charge < -0.3 is 9.47 Å². The van der Waals surface area contributed by atoms with Gasteiger partial charge >= 0.3 is 5.97 Å². The van der Waals surface area contributed by atoms with Crippen molar-refractivity contribution in [2.75, 3.05) is 19.5 Å². The van der Waals surface area contributed by atoms with E-state index < -0.39 is 21.3 Å². The molecule has 0 fully saturated rings. The number of ether oxygens (including phenoxy) is 2. The first-order chi connectivity index (χ1) is 17.2. The van der Waals surface area contributed by atoms with Crippen molar-refractivity contribution in [2.45, 2.75) is 76.3 Å². The van der Waals surface area contributed by atoms with E-state index in [1.54, 1.807) is 26.2 Å². The first-order valence-electron chi connectivity index (χ1n) is 12.9. The monoisotopic (exact) mass is 513 g/mol. The molecule has 36 heavy (non-hydrogen) atoms. The van der Waals surface area contributed by atoms with Gasteiger partial charge in [-0.2, -0.15) is 0 Å². The predicted octanol–water partition coefficient (Wildman–Crippen LogP) is 5.86. The molecular weight excluding hydrogens is 474 g/mol. The van der Waals surface area contributed by atoms with Crippen LogP contribution < -0.4 is 10.1 Å². The molecule has 0 aliphatic carbocycles. The molecule has 0 radical (unpaired) electrons. The van der Waals surface area contributed by atoms with Crippen molar-refractivity contribution in [2.24, 2.45) is 0 Å². The Hall–Kier alpha value is -2.64. The minimum absolute atomic E-state index is 0.0147. The van der Waals surface area contributed by atoms with Gasteiger partial charge in [0.25, 0.3) is 0 Å². The van der Waals surface area contributed by atoms with Gasteiger partial charge in [0.15, 0.2) is 9.84 Å². The van der Waals surface area contributed by atoms with E-state index in [-0.39, 0.29) is 23.3 Å². The molecule has 196 valence electrons. The molecule has 2 aromatic carbocycles. The molecule has 2 atom stereocenters. The van der Waals surface area contributed by atoms with Crippen molar-refractivity contribution in [1.29, 1.82) is 0 Å². The van der Waals surface area contributed by atoms with Crippen molar-refractivity contribution in [3.05, 3.63) is 64.7 Å². The molecule has 1 aliphatic rings. The maximum absolute atomic E-state index is 14.0. The van der Waals surface area contributed by atoms with Gasteiger partial charge in [-0.25, -0.2) is 13.2 Å². The number of sulfone groups is 1. The summed E-state index contributed by atoms with van der Waals surface area (Å²) in [5.41, 5.74) is 2.11. The zero-order valence-corrected chi connectivity index (χ0v) is 22.9. The van der Waals surface area contributed by atoms with E-state index in [1.807, 2.05) is 43.3 Å². The summed E-state index contributed by atoms with van der Waals surface area (Å²) in [4.78, 5) is 12.7. The van der Waals surface area contributed by atoms with Crippen LogP contribution in [0.5, 0.6) is 5.75 Å². The van der Waals surface area contributed by atoms with E-state index >= 15 is 0 Å². The number of carbonyl (C=O) groups is 1. The predicted molar refractivity (Wildman–Crippen MR) is 144 cm³/mol. The normalized spacial score (nSPS) is 21.4. The molecule has 0 saturated carbocycles. The second kappa shape index (κ2) is 12.1. The number of rotatable bonds is 10. The lowest BCUT2D eigenvalue weighted by Crippen LogP contribution is -2.50. The smallest absolute Gasteiger partial charge is 0.333 e. The largest absolute Gasteiger partial charge is 0.496 e. The number of benzene rings is 2. The SMILES string of the molecule is CCCC[C@]1(CC)CS(=O)(=O)c2cc(C=C(CC)C(=O)OCC)c(OC)cc2[C@@H](c2ccccc2)N1. The minimum atomic E-state index is -3.65. The Labute approximate surface area is 216 Å². The lowest BCUT2D eigenvalue weighted by molar-refractivity contribution is -0.138. The van der Waals surface area contributed by atoms with Crippen LogP contribution in [-0.2, 0) is 19.4 Å². The Morgan fingerprint density at radius 2 is 1.86 bits per heavy atom. The maximum atomic E-state index is 14.0. The van der Waals surface area contributed by atoms with Crippen LogP contribution in [0.1, 0.15) is 82.5 Å². The molecule has 0 bridgehead atoms. The summed E-state index contributed by atoms with van der Waals surface area (Å²) in [6.07, 6.45) is 5.52. The summed E-state index contributed by atoms with van der Waals surface area (Å²) in [7, 11) is -2.10. The van der Waals surface area contributed by atoms with Crippen molar-refractivity contribution < 1.29 is 22.7 Å². The van der Waals surface area contributed by atoms with Gasteiger partial charge in [-0.15, -0.1) is 0 Å². The number of esters is 1. The molecule has 0 saturated heterocycles. The number of fused-ring (bicyclic) bond motifs is 1. The third-order valence-corrected chi connectivity index (χ3v) is 8.95. The summed E-state index contributed by atoms with van der Waals surface area (Å²) in [5.74, 6) is 0.119. The second-order valence-electron chi connectivity index (χ2n) is 9.36. The molecule has 1 heterocycles. The van der Waals surface area contributed by atoms with E-state index in [1.165, 1.54) is 0 Å². The Morgan fingerprint density at radius 1 is 1.14 bits per heavy atom. The minimum Gasteiger partial charge on any atom is -0.496 e. The standard InChI is InChI=1S/C29H39NO5S/c1-6-10-16-29(8-3)20-36(32,33)26-18-23(17-21(7-2)28(31)35-9-4)25(34-5)19-24(26)27(30-29)22-14-12-11-13-15-22/h11-15,17-19,27,30H,6-10,16,20H2,1-5H3/t27-,29-/m1/s1. The van der Waals surface area contributed by atoms with Crippen LogP contribution in [0.25, 0.3) is 6.08 Å². The number of nitrogens with one attached hydrogen (secondary N) is 1. The third kappa shape index (κ3) is 6.01. The highest BCUT2D eigenvalue weighted by Gasteiger charge is 2.42. The Balaban J connectivity index is 2.28. The molecule has 1 aliphatic heterocycles. The van der Waals surface area contributed by atoms with E-state index in [0.29, 0.717) is 35.3 Å². The maximum Gasteiger partial charge on any atom is 0.333 e. The highest BCUT2D eigenvalue weighted by molar-refractivity contribution is 7.91. The van der Waals surface area contributed by atoms with Crippen LogP contribution in [0.3, 0.4) is 0 Å². The summed E-state index contributed by atoms with van der Waals surface area (Å²) in [6.45, 7) is 8.07. The molecule has 6 nitrogen and oxygen atoms in total. The van der Waals surface area contributed by atoms with Gasteiger partial charge in [0, 0.05) is 16.7 Å². The van der Waals surface area contributed by atoms with Crippen molar-refractivity contribution in [3.8, 4) is 5.75 Å². The fraction of sp³-hybridized carbons (Fsp3) is 0.483. The van der Waals surface area contributed by atoms with Crippen LogP contribution in [0, 0.1) is 0 Å². The van der Waals surface area contributed by atoms with E-state index in [0.717, 1.165) is 24.8 Å². The summed E-state index contributed by atoms with van der Waals surface area (Å²) < 4.78 is 38.8. The molecule has 0 aromatic heterocycles. The van der Waals surface area contributed by atoms with Crippen molar-refractivity contribution in [1.82, 2.24) is 5.32 Å². The molecule has 0 spiro atoms. The third-order valence-electron chi connectivity index (χ3n) is 6.99. The molecular formula is C29H39NO5S. The summed E-state index contributed by atoms with van der Waals surface area (Å²) >= 11 is 0. The number of hydrogen-bond acceptors (Lipinski definition) is 6. The van der Waals surface area contributed by atoms with Gasteiger partial charge in [0.2, 0.25) is 0 Å². The fourth-order valence-corrected chi connectivity index (χ4v) is 7.07. The van der Waals surface area contributed by atoms with E-state index in [9.17, 15) is 13.2 Å². The highest BCUT2D eigenvalue weighted by Crippen LogP contribution is 2.41. The van der Waals surface area contributed by atoms with Gasteiger partial charge in [-0.1, -0.05) is 63.9 Å². The van der Waals surface area contributed by atoms with E-state index in [2.05, 4.69) is 19.2 Å². The molecule has 0 amide bonds. The topological polar surface area (TPSA) is 81.7 Å². The Morgan fingerprint density at radius 3 is 2.44 bits per heavy atom. The molecule has 1 N–H and O–H groups in total. The zero-order valence-electron chi connectivity index (χ0n) is 22.1. The van der Waals surface area contributed by atoms with Crippen molar-refractivity contribution in [3.63, 3.8) is 0 Å². The first kappa shape index (κ1) is 27.9. The fourth-order valence-electron chi connectivity index (χ4n) is 4.91. The number of carbonyl (C=O) groups excluding carboxylic acids is 1. The first-order valence-corrected chi connectivity index (χ1v) is 14.5. The lowest BCUT2D eigenvalue weighted by Gasteiger charge is -2.36. The van der Waals surface area contributed by atoms with Crippen LogP contribution in [-0.4, -0.2) is 39.4 Å². The molecule has 3 rings (SSSR count).